The molecule has 0 aliphatic heterocycles. The second-order valence-corrected chi connectivity index (χ2v) is 4.02. The highest BCUT2D eigenvalue weighted by Crippen LogP contribution is 2.19. The van der Waals surface area contributed by atoms with Crippen LogP contribution in [0.3, 0.4) is 0 Å². The summed E-state index contributed by atoms with van der Waals surface area (Å²) >= 11 is 0. The van der Waals surface area contributed by atoms with Crippen molar-refractivity contribution in [2.24, 2.45) is 5.73 Å². The zero-order valence-corrected chi connectivity index (χ0v) is 10.3. The van der Waals surface area contributed by atoms with E-state index in [0.717, 1.165) is 0 Å². The van der Waals surface area contributed by atoms with Gasteiger partial charge in [0.15, 0.2) is 5.88 Å². The maximum Gasteiger partial charge on any atom is 0.250 e. The zero-order chi connectivity index (χ0) is 13.8. The smallest absolute Gasteiger partial charge is 0.250 e. The quantitative estimate of drug-likeness (QED) is 0.860. The molecule has 2 rings (SSSR count). The van der Waals surface area contributed by atoms with Crippen LogP contribution in [0.4, 0.5) is 0 Å². The SMILES string of the molecule is CC(C(N)=O)c1ccc(Oc2cccc(=O)[nH]2)cn1. The van der Waals surface area contributed by atoms with Crippen molar-refractivity contribution in [3.8, 4) is 11.6 Å². The van der Waals surface area contributed by atoms with Gasteiger partial charge in [0.1, 0.15) is 5.75 Å². The van der Waals surface area contributed by atoms with Gasteiger partial charge in [-0.15, -0.1) is 0 Å². The molecule has 3 N–H and O–H groups in total. The molecule has 0 radical (unpaired) electrons. The van der Waals surface area contributed by atoms with E-state index in [1.807, 2.05) is 0 Å². The lowest BCUT2D eigenvalue weighted by atomic mass is 10.1. The first kappa shape index (κ1) is 12.8. The van der Waals surface area contributed by atoms with E-state index in [-0.39, 0.29) is 5.56 Å². The lowest BCUT2D eigenvalue weighted by molar-refractivity contribution is -0.119. The Balaban J connectivity index is 2.15. The number of hydrogen-bond donors (Lipinski definition) is 2. The fourth-order valence-electron chi connectivity index (χ4n) is 1.47. The number of pyridine rings is 2. The van der Waals surface area contributed by atoms with E-state index in [1.54, 1.807) is 31.2 Å². The lowest BCUT2D eigenvalue weighted by Gasteiger charge is -2.08. The number of carbonyl (C=O) groups is 1. The van der Waals surface area contributed by atoms with Crippen LogP contribution in [0.15, 0.2) is 41.3 Å². The lowest BCUT2D eigenvalue weighted by Crippen LogP contribution is -2.19. The van der Waals surface area contributed by atoms with E-state index in [0.29, 0.717) is 17.3 Å². The Bertz CT molecular complexity index is 634. The van der Waals surface area contributed by atoms with E-state index in [1.165, 1.54) is 12.3 Å². The minimum atomic E-state index is -0.453. The average Bonchev–Trinajstić information content (AvgIpc) is 2.39. The molecule has 2 heterocycles. The Hall–Kier alpha value is -2.63. The van der Waals surface area contributed by atoms with E-state index in [9.17, 15) is 9.59 Å². The molecule has 1 atom stereocenters. The van der Waals surface area contributed by atoms with E-state index >= 15 is 0 Å². The summed E-state index contributed by atoms with van der Waals surface area (Å²) in [6, 6.07) is 7.92. The molecule has 19 heavy (non-hydrogen) atoms. The van der Waals surface area contributed by atoms with Crippen LogP contribution in [0.2, 0.25) is 0 Å². The monoisotopic (exact) mass is 259 g/mol. The summed E-state index contributed by atoms with van der Waals surface area (Å²) in [5.41, 5.74) is 5.52. The highest BCUT2D eigenvalue weighted by atomic mass is 16.5. The highest BCUT2D eigenvalue weighted by molar-refractivity contribution is 5.80. The average molecular weight is 259 g/mol. The van der Waals surface area contributed by atoms with Crippen molar-refractivity contribution in [3.05, 3.63) is 52.6 Å². The Morgan fingerprint density at radius 2 is 2.16 bits per heavy atom. The summed E-state index contributed by atoms with van der Waals surface area (Å²) in [4.78, 5) is 28.8. The van der Waals surface area contributed by atoms with Gasteiger partial charge in [-0.25, -0.2) is 0 Å². The fourth-order valence-corrected chi connectivity index (χ4v) is 1.47. The zero-order valence-electron chi connectivity index (χ0n) is 10.3. The first-order valence-corrected chi connectivity index (χ1v) is 5.69. The number of aromatic amines is 1. The molecule has 1 unspecified atom stereocenters. The molecule has 98 valence electrons. The Kier molecular flexibility index (Phi) is 3.61. The van der Waals surface area contributed by atoms with E-state index < -0.39 is 11.8 Å². The van der Waals surface area contributed by atoms with Crippen molar-refractivity contribution in [2.75, 3.05) is 0 Å². The summed E-state index contributed by atoms with van der Waals surface area (Å²) in [7, 11) is 0. The summed E-state index contributed by atoms with van der Waals surface area (Å²) in [5.74, 6) is -0.105. The van der Waals surface area contributed by atoms with Crippen LogP contribution in [-0.2, 0) is 4.79 Å². The van der Waals surface area contributed by atoms with Crippen molar-refractivity contribution in [1.29, 1.82) is 0 Å². The second-order valence-electron chi connectivity index (χ2n) is 4.02. The maximum atomic E-state index is 11.1. The van der Waals surface area contributed by atoms with Crippen LogP contribution >= 0.6 is 0 Å². The van der Waals surface area contributed by atoms with Crippen molar-refractivity contribution >= 4 is 5.91 Å². The topological polar surface area (TPSA) is 98.1 Å². The van der Waals surface area contributed by atoms with Crippen LogP contribution in [-0.4, -0.2) is 15.9 Å². The minimum absolute atomic E-state index is 0.246. The number of amides is 1. The van der Waals surface area contributed by atoms with Gasteiger partial charge in [0.05, 0.1) is 17.8 Å². The number of rotatable bonds is 4. The number of hydrogen-bond acceptors (Lipinski definition) is 4. The maximum absolute atomic E-state index is 11.1. The Morgan fingerprint density at radius 3 is 2.74 bits per heavy atom. The van der Waals surface area contributed by atoms with Gasteiger partial charge in [0, 0.05) is 6.07 Å². The summed E-state index contributed by atoms with van der Waals surface area (Å²) in [6.07, 6.45) is 1.47. The first-order valence-electron chi connectivity index (χ1n) is 5.69. The number of carbonyl (C=O) groups excluding carboxylic acids is 1. The fraction of sp³-hybridized carbons (Fsp3) is 0.154. The summed E-state index contributed by atoms with van der Waals surface area (Å²) < 4.78 is 5.42. The van der Waals surface area contributed by atoms with Gasteiger partial charge in [-0.3, -0.25) is 19.6 Å². The molecule has 1 amide bonds. The van der Waals surface area contributed by atoms with Gasteiger partial charge in [-0.2, -0.15) is 0 Å². The molecule has 6 nitrogen and oxygen atoms in total. The predicted molar refractivity (Wildman–Crippen MR) is 69.0 cm³/mol. The van der Waals surface area contributed by atoms with Crippen LogP contribution in [0.1, 0.15) is 18.5 Å². The van der Waals surface area contributed by atoms with Gasteiger partial charge in [-0.1, -0.05) is 6.07 Å². The molecular formula is C13H13N3O3. The molecule has 0 saturated carbocycles. The number of H-pyrrole nitrogens is 1. The minimum Gasteiger partial charge on any atom is -0.439 e. The second kappa shape index (κ2) is 5.34. The molecule has 0 aliphatic carbocycles. The molecule has 2 aromatic rings. The van der Waals surface area contributed by atoms with Crippen LogP contribution in [0.5, 0.6) is 11.6 Å². The Morgan fingerprint density at radius 1 is 1.37 bits per heavy atom. The van der Waals surface area contributed by atoms with Gasteiger partial charge in [-0.05, 0) is 25.1 Å². The molecule has 0 fully saturated rings. The van der Waals surface area contributed by atoms with E-state index in [2.05, 4.69) is 9.97 Å². The van der Waals surface area contributed by atoms with Crippen molar-refractivity contribution in [1.82, 2.24) is 9.97 Å². The molecule has 0 saturated heterocycles. The standard InChI is InChI=1S/C13H13N3O3/c1-8(13(14)18)10-6-5-9(7-15-10)19-12-4-2-3-11(17)16-12/h2-8H,1H3,(H2,14,18)(H,16,17). The van der Waals surface area contributed by atoms with Gasteiger partial charge in [0.25, 0.3) is 5.56 Å². The summed E-state index contributed by atoms with van der Waals surface area (Å²) in [5, 5.41) is 0. The van der Waals surface area contributed by atoms with Crippen LogP contribution in [0.25, 0.3) is 0 Å². The molecule has 6 heteroatoms. The van der Waals surface area contributed by atoms with Crippen LogP contribution in [0, 0.1) is 0 Å². The van der Waals surface area contributed by atoms with Crippen LogP contribution < -0.4 is 16.0 Å². The normalized spacial score (nSPS) is 11.8. The molecule has 0 bridgehead atoms. The third-order valence-electron chi connectivity index (χ3n) is 2.60. The molecule has 0 spiro atoms. The predicted octanol–water partition coefficient (Wildman–Crippen LogP) is 1.15. The van der Waals surface area contributed by atoms with Crippen molar-refractivity contribution in [3.63, 3.8) is 0 Å². The number of ether oxygens (including phenoxy) is 1. The first-order chi connectivity index (χ1) is 9.06. The Labute approximate surface area is 109 Å². The molecular weight excluding hydrogens is 246 g/mol. The van der Waals surface area contributed by atoms with Crippen molar-refractivity contribution in [2.45, 2.75) is 12.8 Å². The largest absolute Gasteiger partial charge is 0.439 e. The molecule has 0 aliphatic rings. The highest BCUT2D eigenvalue weighted by Gasteiger charge is 2.12. The number of primary amides is 1. The third kappa shape index (κ3) is 3.19. The number of nitrogens with zero attached hydrogens (tertiary/aromatic N) is 1. The van der Waals surface area contributed by atoms with Gasteiger partial charge in [0.2, 0.25) is 5.91 Å². The summed E-state index contributed by atoms with van der Waals surface area (Å²) in [6.45, 7) is 1.68. The van der Waals surface area contributed by atoms with Crippen molar-refractivity contribution < 1.29 is 9.53 Å². The molecule has 0 aromatic carbocycles. The van der Waals surface area contributed by atoms with E-state index in [4.69, 9.17) is 10.5 Å². The van der Waals surface area contributed by atoms with Gasteiger partial charge >= 0.3 is 0 Å². The number of nitrogens with one attached hydrogen (secondary N) is 1. The third-order valence-corrected chi connectivity index (χ3v) is 2.60. The number of aromatic nitrogens is 2. The molecule has 2 aromatic heterocycles. The van der Waals surface area contributed by atoms with Gasteiger partial charge < -0.3 is 10.5 Å². The number of nitrogens with two attached hydrogens (primary N) is 1.